The summed E-state index contributed by atoms with van der Waals surface area (Å²) in [7, 11) is 0. The van der Waals surface area contributed by atoms with Crippen LogP contribution in [0.25, 0.3) is 27.6 Å². The molecule has 1 amide bonds. The van der Waals surface area contributed by atoms with Crippen molar-refractivity contribution in [2.45, 2.75) is 26.7 Å². The maximum absolute atomic E-state index is 14.0. The summed E-state index contributed by atoms with van der Waals surface area (Å²) in [5.74, 6) is -0.0554. The van der Waals surface area contributed by atoms with Gasteiger partial charge in [0.15, 0.2) is 5.17 Å². The molecule has 0 unspecified atom stereocenters. The number of anilines is 1. The van der Waals surface area contributed by atoms with Crippen molar-refractivity contribution in [3.63, 3.8) is 0 Å². The van der Waals surface area contributed by atoms with Crippen LogP contribution in [0.15, 0.2) is 113 Å². The van der Waals surface area contributed by atoms with Gasteiger partial charge in [-0.05, 0) is 99.2 Å². The van der Waals surface area contributed by atoms with Crippen LogP contribution >= 0.6 is 11.8 Å². The third-order valence-corrected chi connectivity index (χ3v) is 8.04. The second kappa shape index (κ2) is 10.3. The third-order valence-electron chi connectivity index (χ3n) is 7.07. The average molecular weight is 513 g/mol. The van der Waals surface area contributed by atoms with Gasteiger partial charge >= 0.3 is 0 Å². The Labute approximate surface area is 227 Å². The number of fused-ring (bicyclic) bond motifs is 2. The number of rotatable bonds is 5. The molecule has 1 aliphatic heterocycles. The van der Waals surface area contributed by atoms with Crippen LogP contribution in [0.1, 0.15) is 30.5 Å². The van der Waals surface area contributed by atoms with Gasteiger partial charge in [-0.3, -0.25) is 9.69 Å². The lowest BCUT2D eigenvalue weighted by Crippen LogP contribution is -2.28. The van der Waals surface area contributed by atoms with Crippen LogP contribution < -0.4 is 4.90 Å². The van der Waals surface area contributed by atoms with Crippen molar-refractivity contribution in [1.82, 2.24) is 0 Å². The fraction of sp³-hybridized carbons (Fsp3) is 0.118. The molecule has 6 rings (SSSR count). The molecule has 1 aliphatic rings. The van der Waals surface area contributed by atoms with Crippen LogP contribution in [0, 0.1) is 0 Å². The first-order valence-electron chi connectivity index (χ1n) is 13.1. The summed E-state index contributed by atoms with van der Waals surface area (Å²) in [5.41, 5.74) is 5.22. The normalized spacial score (nSPS) is 15.8. The van der Waals surface area contributed by atoms with E-state index < -0.39 is 0 Å². The predicted molar refractivity (Wildman–Crippen MR) is 163 cm³/mol. The van der Waals surface area contributed by atoms with Crippen LogP contribution in [0.5, 0.6) is 0 Å². The SMILES string of the molecule is CCc1ccc(N=C2SC(=Cc3c4ccccc4cc4ccccc34)C(=O)N2c2ccc(CC)cc2)cc1. The number of amidine groups is 1. The first kappa shape index (κ1) is 24.2. The van der Waals surface area contributed by atoms with E-state index in [1.807, 2.05) is 30.3 Å². The van der Waals surface area contributed by atoms with E-state index in [1.165, 1.54) is 22.9 Å². The first-order valence-corrected chi connectivity index (χ1v) is 13.9. The summed E-state index contributed by atoms with van der Waals surface area (Å²) in [6.45, 7) is 4.27. The van der Waals surface area contributed by atoms with E-state index in [9.17, 15) is 4.79 Å². The molecule has 0 saturated carbocycles. The Kier molecular flexibility index (Phi) is 6.57. The second-order valence-corrected chi connectivity index (χ2v) is 10.4. The zero-order valence-corrected chi connectivity index (χ0v) is 22.3. The molecule has 38 heavy (non-hydrogen) atoms. The molecule has 1 heterocycles. The van der Waals surface area contributed by atoms with E-state index in [0.717, 1.165) is 51.3 Å². The Balaban J connectivity index is 1.50. The first-order chi connectivity index (χ1) is 18.6. The molecular formula is C34H28N2OS. The van der Waals surface area contributed by atoms with Gasteiger partial charge < -0.3 is 0 Å². The molecule has 0 aliphatic carbocycles. The van der Waals surface area contributed by atoms with Crippen molar-refractivity contribution in [2.75, 3.05) is 4.90 Å². The number of aryl methyl sites for hydroxylation is 2. The molecule has 0 aromatic heterocycles. The summed E-state index contributed by atoms with van der Waals surface area (Å²) >= 11 is 1.44. The molecule has 1 saturated heterocycles. The Morgan fingerprint density at radius 2 is 1.29 bits per heavy atom. The maximum Gasteiger partial charge on any atom is 0.271 e. The molecule has 0 bridgehead atoms. The smallest absolute Gasteiger partial charge is 0.268 e. The van der Waals surface area contributed by atoms with Gasteiger partial charge in [0.2, 0.25) is 0 Å². The summed E-state index contributed by atoms with van der Waals surface area (Å²) < 4.78 is 0. The number of hydrogen-bond acceptors (Lipinski definition) is 3. The Morgan fingerprint density at radius 1 is 0.737 bits per heavy atom. The monoisotopic (exact) mass is 512 g/mol. The third kappa shape index (κ3) is 4.52. The highest BCUT2D eigenvalue weighted by atomic mass is 32.2. The summed E-state index contributed by atoms with van der Waals surface area (Å²) in [5, 5.41) is 5.24. The molecule has 0 spiro atoms. The zero-order chi connectivity index (χ0) is 26.1. The van der Waals surface area contributed by atoms with Crippen LogP contribution in [-0.2, 0) is 17.6 Å². The summed E-state index contributed by atoms with van der Waals surface area (Å²) in [6, 6.07) is 35.4. The van der Waals surface area contributed by atoms with Gasteiger partial charge in [0.05, 0.1) is 16.3 Å². The van der Waals surface area contributed by atoms with E-state index >= 15 is 0 Å². The lowest BCUT2D eigenvalue weighted by molar-refractivity contribution is -0.113. The standard InChI is InChI=1S/C34H28N2OS/c1-3-23-13-17-27(18-14-23)35-34-36(28-19-15-24(4-2)16-20-28)33(37)32(38-34)22-31-29-11-7-5-9-25(29)21-26-10-6-8-12-30(26)31/h5-22H,3-4H2,1-2H3. The number of benzene rings is 5. The van der Waals surface area contributed by atoms with Gasteiger partial charge in [0.1, 0.15) is 0 Å². The minimum atomic E-state index is -0.0554. The summed E-state index contributed by atoms with van der Waals surface area (Å²) in [6.07, 6.45) is 3.98. The molecule has 0 N–H and O–H groups in total. The Hall–Kier alpha value is -4.15. The minimum absolute atomic E-state index is 0.0554. The van der Waals surface area contributed by atoms with Gasteiger partial charge in [-0.25, -0.2) is 4.99 Å². The van der Waals surface area contributed by atoms with Crippen LogP contribution in [0.3, 0.4) is 0 Å². The zero-order valence-electron chi connectivity index (χ0n) is 21.5. The van der Waals surface area contributed by atoms with Crippen LogP contribution in [-0.4, -0.2) is 11.1 Å². The van der Waals surface area contributed by atoms with Crippen molar-refractivity contribution in [3.05, 3.63) is 125 Å². The minimum Gasteiger partial charge on any atom is -0.268 e. The lowest BCUT2D eigenvalue weighted by atomic mass is 9.96. The van der Waals surface area contributed by atoms with Crippen LogP contribution in [0.4, 0.5) is 11.4 Å². The van der Waals surface area contributed by atoms with Gasteiger partial charge in [-0.2, -0.15) is 0 Å². The highest BCUT2D eigenvalue weighted by molar-refractivity contribution is 8.19. The van der Waals surface area contributed by atoms with E-state index in [2.05, 4.69) is 92.7 Å². The van der Waals surface area contributed by atoms with Crippen molar-refractivity contribution >= 4 is 61.8 Å². The number of nitrogens with zero attached hydrogens (tertiary/aromatic N) is 2. The highest BCUT2D eigenvalue weighted by Crippen LogP contribution is 2.39. The van der Waals surface area contributed by atoms with Gasteiger partial charge in [-0.1, -0.05) is 86.6 Å². The lowest BCUT2D eigenvalue weighted by Gasteiger charge is -2.16. The topological polar surface area (TPSA) is 32.7 Å². The predicted octanol–water partition coefficient (Wildman–Crippen LogP) is 8.93. The second-order valence-electron chi connectivity index (χ2n) is 9.42. The largest absolute Gasteiger partial charge is 0.271 e. The van der Waals surface area contributed by atoms with E-state index in [0.29, 0.717) is 10.1 Å². The quantitative estimate of drug-likeness (QED) is 0.174. The molecular weight excluding hydrogens is 484 g/mol. The molecule has 186 valence electrons. The Bertz CT molecular complexity index is 1660. The van der Waals surface area contributed by atoms with Crippen molar-refractivity contribution in [2.24, 2.45) is 4.99 Å². The number of carbonyl (C=O) groups excluding carboxylic acids is 1. The molecule has 3 nitrogen and oxygen atoms in total. The molecule has 0 atom stereocenters. The fourth-order valence-electron chi connectivity index (χ4n) is 4.91. The van der Waals surface area contributed by atoms with Crippen LogP contribution in [0.2, 0.25) is 0 Å². The van der Waals surface area contributed by atoms with Crippen molar-refractivity contribution in [1.29, 1.82) is 0 Å². The van der Waals surface area contributed by atoms with Gasteiger partial charge in [0, 0.05) is 0 Å². The molecule has 5 aromatic rings. The number of amides is 1. The summed E-state index contributed by atoms with van der Waals surface area (Å²) in [4.78, 5) is 21.3. The van der Waals surface area contributed by atoms with Crippen molar-refractivity contribution < 1.29 is 4.79 Å². The number of aliphatic imine (C=N–C) groups is 1. The average Bonchev–Trinajstić information content (AvgIpc) is 3.27. The Morgan fingerprint density at radius 3 is 1.87 bits per heavy atom. The van der Waals surface area contributed by atoms with Gasteiger partial charge in [-0.15, -0.1) is 0 Å². The van der Waals surface area contributed by atoms with Crippen molar-refractivity contribution in [3.8, 4) is 0 Å². The fourth-order valence-corrected chi connectivity index (χ4v) is 5.89. The van der Waals surface area contributed by atoms with E-state index in [4.69, 9.17) is 4.99 Å². The maximum atomic E-state index is 14.0. The number of thioether (sulfide) groups is 1. The molecule has 1 fully saturated rings. The number of hydrogen-bond donors (Lipinski definition) is 0. The number of carbonyl (C=O) groups is 1. The van der Waals surface area contributed by atoms with E-state index in [-0.39, 0.29) is 5.91 Å². The molecule has 0 radical (unpaired) electrons. The highest BCUT2D eigenvalue weighted by Gasteiger charge is 2.35. The molecule has 4 heteroatoms. The van der Waals surface area contributed by atoms with Gasteiger partial charge in [0.25, 0.3) is 5.91 Å². The van der Waals surface area contributed by atoms with E-state index in [1.54, 1.807) is 4.90 Å². The molecule has 5 aromatic carbocycles.